The molecule has 7 nitrogen and oxygen atoms in total. The summed E-state index contributed by atoms with van der Waals surface area (Å²) in [5, 5.41) is 0.271. The summed E-state index contributed by atoms with van der Waals surface area (Å²) in [6.07, 6.45) is 1.64. The second-order valence-electron chi connectivity index (χ2n) is 7.49. The number of hydrogen-bond acceptors (Lipinski definition) is 5. The molecule has 1 heterocycles. The molecule has 1 saturated carbocycles. The Labute approximate surface area is 153 Å². The van der Waals surface area contributed by atoms with E-state index in [1.807, 2.05) is 27.7 Å². The van der Waals surface area contributed by atoms with Gasteiger partial charge in [-0.1, -0.05) is 13.8 Å². The predicted octanol–water partition coefficient (Wildman–Crippen LogP) is 2.28. The molecule has 8 heteroatoms. The molecule has 0 atom stereocenters. The molecule has 0 unspecified atom stereocenters. The molecule has 2 aromatic rings. The van der Waals surface area contributed by atoms with E-state index in [1.165, 1.54) is 16.7 Å². The van der Waals surface area contributed by atoms with Crippen molar-refractivity contribution in [1.29, 1.82) is 0 Å². The Kier molecular flexibility index (Phi) is 4.83. The first-order chi connectivity index (χ1) is 12.1. The molecule has 1 fully saturated rings. The number of nitrogens with one attached hydrogen (secondary N) is 1. The lowest BCUT2D eigenvalue weighted by Gasteiger charge is -2.15. The molecule has 0 spiro atoms. The van der Waals surface area contributed by atoms with Crippen LogP contribution in [-0.2, 0) is 16.6 Å². The molecule has 0 aliphatic heterocycles. The van der Waals surface area contributed by atoms with Gasteiger partial charge in [0.1, 0.15) is 0 Å². The molecule has 3 rings (SSSR count). The zero-order valence-electron chi connectivity index (χ0n) is 15.6. The third kappa shape index (κ3) is 3.76. The number of aromatic nitrogens is 2. The average Bonchev–Trinajstić information content (AvgIpc) is 3.28. The maximum Gasteiger partial charge on any atom is 0.299 e. The van der Waals surface area contributed by atoms with Crippen LogP contribution in [0.2, 0.25) is 0 Å². The molecule has 1 N–H and O–H groups in total. The number of benzene rings is 1. The number of rotatable bonds is 7. The fourth-order valence-corrected chi connectivity index (χ4v) is 4.14. The summed E-state index contributed by atoms with van der Waals surface area (Å²) in [6.45, 7) is 8.57. The van der Waals surface area contributed by atoms with E-state index < -0.39 is 10.0 Å². The number of nitrogens with zero attached hydrogens (tertiary/aromatic N) is 2. The van der Waals surface area contributed by atoms with E-state index in [2.05, 4.69) is 9.71 Å². The second-order valence-corrected chi connectivity index (χ2v) is 9.18. The number of fused-ring (bicyclic) bond motifs is 1. The van der Waals surface area contributed by atoms with Crippen LogP contribution in [-0.4, -0.2) is 30.1 Å². The Morgan fingerprint density at radius 3 is 2.62 bits per heavy atom. The Hall–Kier alpha value is -1.93. The zero-order chi connectivity index (χ0) is 19.1. The van der Waals surface area contributed by atoms with Crippen LogP contribution in [0, 0.1) is 5.92 Å². The summed E-state index contributed by atoms with van der Waals surface area (Å²) in [6, 6.07) is 4.70. The van der Waals surface area contributed by atoms with Gasteiger partial charge in [-0.3, -0.25) is 9.36 Å². The SMILES string of the molecule is CCn1c(OCC(C)C)nc2ccc(S(=O)(=O)NC3(C)CC3)cc2c1=O. The minimum Gasteiger partial charge on any atom is -0.464 e. The van der Waals surface area contributed by atoms with Crippen LogP contribution < -0.4 is 15.0 Å². The van der Waals surface area contributed by atoms with Crippen LogP contribution >= 0.6 is 0 Å². The van der Waals surface area contributed by atoms with Crippen LogP contribution in [0.1, 0.15) is 40.5 Å². The van der Waals surface area contributed by atoms with Gasteiger partial charge in [-0.05, 0) is 50.8 Å². The van der Waals surface area contributed by atoms with E-state index in [9.17, 15) is 13.2 Å². The van der Waals surface area contributed by atoms with E-state index >= 15 is 0 Å². The maximum absolute atomic E-state index is 12.8. The third-order valence-corrected chi connectivity index (χ3v) is 6.08. The van der Waals surface area contributed by atoms with Gasteiger partial charge in [0.05, 0.1) is 22.4 Å². The van der Waals surface area contributed by atoms with Gasteiger partial charge < -0.3 is 4.74 Å². The fraction of sp³-hybridized carbons (Fsp3) is 0.556. The largest absolute Gasteiger partial charge is 0.464 e. The van der Waals surface area contributed by atoms with Gasteiger partial charge in [-0.15, -0.1) is 0 Å². The molecule has 0 amide bonds. The van der Waals surface area contributed by atoms with Crippen LogP contribution in [0.4, 0.5) is 0 Å². The zero-order valence-corrected chi connectivity index (χ0v) is 16.4. The maximum atomic E-state index is 12.8. The monoisotopic (exact) mass is 379 g/mol. The van der Waals surface area contributed by atoms with Gasteiger partial charge in [-0.25, -0.2) is 13.1 Å². The van der Waals surface area contributed by atoms with Gasteiger partial charge >= 0.3 is 0 Å². The standard InChI is InChI=1S/C18H25N3O4S/c1-5-21-16(22)14-10-13(26(23,24)20-18(4)8-9-18)6-7-15(14)19-17(21)25-11-12(2)3/h6-7,10,12,20H,5,8-9,11H2,1-4H3. The lowest BCUT2D eigenvalue weighted by atomic mass is 10.2. The lowest BCUT2D eigenvalue weighted by molar-refractivity contribution is 0.237. The predicted molar refractivity (Wildman–Crippen MR) is 100.0 cm³/mol. The van der Waals surface area contributed by atoms with Crippen molar-refractivity contribution in [2.75, 3.05) is 6.61 Å². The first-order valence-corrected chi connectivity index (χ1v) is 10.3. The molecular weight excluding hydrogens is 354 g/mol. The molecule has 142 valence electrons. The molecule has 26 heavy (non-hydrogen) atoms. The quantitative estimate of drug-likeness (QED) is 0.797. The molecule has 1 aliphatic rings. The summed E-state index contributed by atoms with van der Waals surface area (Å²) < 4.78 is 34.9. The van der Waals surface area contributed by atoms with E-state index in [4.69, 9.17) is 4.74 Å². The van der Waals surface area contributed by atoms with Crippen molar-refractivity contribution in [3.05, 3.63) is 28.6 Å². The van der Waals surface area contributed by atoms with Crippen molar-refractivity contribution in [2.45, 2.75) is 57.5 Å². The van der Waals surface area contributed by atoms with Crippen molar-refractivity contribution in [2.24, 2.45) is 5.92 Å². The molecule has 0 bridgehead atoms. The van der Waals surface area contributed by atoms with Crippen molar-refractivity contribution in [1.82, 2.24) is 14.3 Å². The molecule has 0 radical (unpaired) electrons. The Balaban J connectivity index is 2.06. The summed E-state index contributed by atoms with van der Waals surface area (Å²) in [5.74, 6) is 0.301. The number of ether oxygens (including phenoxy) is 1. The Morgan fingerprint density at radius 2 is 2.04 bits per heavy atom. The van der Waals surface area contributed by atoms with Gasteiger partial charge in [-0.2, -0.15) is 4.98 Å². The van der Waals surface area contributed by atoms with E-state index in [-0.39, 0.29) is 27.4 Å². The highest BCUT2D eigenvalue weighted by molar-refractivity contribution is 7.89. The van der Waals surface area contributed by atoms with Crippen LogP contribution in [0.15, 0.2) is 27.9 Å². The molecule has 0 saturated heterocycles. The summed E-state index contributed by atoms with van der Waals surface area (Å²) in [7, 11) is -3.67. The smallest absolute Gasteiger partial charge is 0.299 e. The van der Waals surface area contributed by atoms with E-state index in [0.717, 1.165) is 12.8 Å². The van der Waals surface area contributed by atoms with Gasteiger partial charge in [0, 0.05) is 12.1 Å². The minimum atomic E-state index is -3.67. The Bertz CT molecular complexity index is 991. The summed E-state index contributed by atoms with van der Waals surface area (Å²) >= 11 is 0. The average molecular weight is 379 g/mol. The van der Waals surface area contributed by atoms with Crippen LogP contribution in [0.5, 0.6) is 6.01 Å². The molecule has 1 aliphatic carbocycles. The van der Waals surface area contributed by atoms with Gasteiger partial charge in [0.25, 0.3) is 11.6 Å². The second kappa shape index (κ2) is 6.66. The minimum absolute atomic E-state index is 0.0792. The van der Waals surface area contributed by atoms with Crippen molar-refractivity contribution in [3.63, 3.8) is 0 Å². The van der Waals surface area contributed by atoms with Crippen LogP contribution in [0.25, 0.3) is 10.9 Å². The fourth-order valence-electron chi connectivity index (χ4n) is 2.65. The van der Waals surface area contributed by atoms with Crippen molar-refractivity contribution < 1.29 is 13.2 Å². The molecular formula is C18H25N3O4S. The summed E-state index contributed by atoms with van der Waals surface area (Å²) in [4.78, 5) is 17.3. The lowest BCUT2D eigenvalue weighted by Crippen LogP contribution is -2.34. The molecule has 1 aromatic heterocycles. The van der Waals surface area contributed by atoms with Crippen molar-refractivity contribution >= 4 is 20.9 Å². The van der Waals surface area contributed by atoms with E-state index in [1.54, 1.807) is 6.07 Å². The topological polar surface area (TPSA) is 90.3 Å². The number of hydrogen-bond donors (Lipinski definition) is 1. The van der Waals surface area contributed by atoms with E-state index in [0.29, 0.717) is 24.6 Å². The van der Waals surface area contributed by atoms with Gasteiger partial charge in [0.2, 0.25) is 10.0 Å². The normalized spacial score (nSPS) is 16.2. The summed E-state index contributed by atoms with van der Waals surface area (Å²) in [5.41, 5.74) is -0.245. The highest BCUT2D eigenvalue weighted by atomic mass is 32.2. The Morgan fingerprint density at radius 1 is 1.35 bits per heavy atom. The third-order valence-electron chi connectivity index (χ3n) is 4.44. The number of sulfonamides is 1. The first-order valence-electron chi connectivity index (χ1n) is 8.86. The highest BCUT2D eigenvalue weighted by Crippen LogP contribution is 2.36. The van der Waals surface area contributed by atoms with Gasteiger partial charge in [0.15, 0.2) is 0 Å². The highest BCUT2D eigenvalue weighted by Gasteiger charge is 2.41. The van der Waals surface area contributed by atoms with Crippen molar-refractivity contribution in [3.8, 4) is 6.01 Å². The van der Waals surface area contributed by atoms with Crippen LogP contribution in [0.3, 0.4) is 0 Å². The first kappa shape index (κ1) is 18.8. The molecule has 1 aromatic carbocycles.